The Bertz CT molecular complexity index is 1780. The van der Waals surface area contributed by atoms with Gasteiger partial charge in [-0.15, -0.1) is 25.3 Å². The van der Waals surface area contributed by atoms with Crippen LogP contribution in [0.3, 0.4) is 0 Å². The van der Waals surface area contributed by atoms with Gasteiger partial charge < -0.3 is 0 Å². The quantitative estimate of drug-likeness (QED) is 0.182. The second-order valence-corrected chi connectivity index (χ2v) is 12.8. The molecule has 176 valence electrons. The summed E-state index contributed by atoms with van der Waals surface area (Å²) in [5.41, 5.74) is 5.02. The van der Waals surface area contributed by atoms with Crippen molar-refractivity contribution < 1.29 is 0 Å². The van der Waals surface area contributed by atoms with Crippen molar-refractivity contribution in [3.8, 4) is 0 Å². The number of fused-ring (bicyclic) bond motifs is 12. The molecule has 0 amide bonds. The molecular weight excluding hydrogens is 525 g/mol. The molecule has 1 spiro atoms. The normalized spacial score (nSPS) is 14.8. The first-order chi connectivity index (χ1) is 18.1. The molecule has 0 radical (unpaired) electrons. The van der Waals surface area contributed by atoms with Gasteiger partial charge in [0.05, 0.1) is 5.41 Å². The van der Waals surface area contributed by atoms with Crippen LogP contribution in [-0.4, -0.2) is 0 Å². The molecule has 0 saturated heterocycles. The van der Waals surface area contributed by atoms with Gasteiger partial charge in [-0.3, -0.25) is 0 Å². The van der Waals surface area contributed by atoms with Crippen LogP contribution < -0.4 is 0 Å². The maximum atomic E-state index is 4.64. The van der Waals surface area contributed by atoms with Gasteiger partial charge in [-0.25, -0.2) is 0 Å². The summed E-state index contributed by atoms with van der Waals surface area (Å²) in [6, 6.07) is 40.3. The lowest BCUT2D eigenvalue weighted by Gasteiger charge is -2.46. The molecule has 0 fully saturated rings. The van der Waals surface area contributed by atoms with Crippen LogP contribution in [0.1, 0.15) is 22.3 Å². The van der Waals surface area contributed by atoms with Crippen LogP contribution in [0.15, 0.2) is 139 Å². The average molecular weight is 545 g/mol. The van der Waals surface area contributed by atoms with Gasteiger partial charge in [-0.2, -0.15) is 0 Å². The Hall–Kier alpha value is -2.76. The number of hydrogen-bond acceptors (Lipinski definition) is 4. The van der Waals surface area contributed by atoms with E-state index in [9.17, 15) is 0 Å². The van der Waals surface area contributed by atoms with E-state index in [1.165, 1.54) is 63.4 Å². The monoisotopic (exact) mass is 544 g/mol. The molecule has 0 N–H and O–H groups in total. The minimum atomic E-state index is -0.407. The summed E-state index contributed by atoms with van der Waals surface area (Å²) in [7, 11) is 0. The summed E-state index contributed by atoms with van der Waals surface area (Å²) in [5, 5.41) is 5.01. The van der Waals surface area contributed by atoms with E-state index in [4.69, 9.17) is 0 Å². The van der Waals surface area contributed by atoms with Gasteiger partial charge in [0, 0.05) is 29.4 Å². The SMILES string of the molecule is Sc1ccc2c3c(ccc2c1)C1(c2ccccc2Sc2ccccc21)c1ccc2cc(S)ccc2c1S3. The van der Waals surface area contributed by atoms with Gasteiger partial charge in [-0.1, -0.05) is 96.3 Å². The van der Waals surface area contributed by atoms with Crippen LogP contribution in [-0.2, 0) is 5.41 Å². The molecule has 6 aromatic carbocycles. The number of thiol groups is 2. The van der Waals surface area contributed by atoms with E-state index in [0.717, 1.165) is 9.79 Å². The van der Waals surface area contributed by atoms with Crippen molar-refractivity contribution in [2.24, 2.45) is 0 Å². The van der Waals surface area contributed by atoms with E-state index in [1.807, 2.05) is 23.5 Å². The molecule has 0 saturated carbocycles. The van der Waals surface area contributed by atoms with E-state index in [-0.39, 0.29) is 0 Å². The molecule has 0 bridgehead atoms. The van der Waals surface area contributed by atoms with E-state index in [0.29, 0.717) is 0 Å². The van der Waals surface area contributed by atoms with Crippen molar-refractivity contribution in [2.75, 3.05) is 0 Å². The van der Waals surface area contributed by atoms with E-state index < -0.39 is 5.41 Å². The predicted octanol–water partition coefficient (Wildman–Crippen LogP) is 9.88. The van der Waals surface area contributed by atoms with Crippen LogP contribution in [0, 0.1) is 0 Å². The number of rotatable bonds is 0. The minimum Gasteiger partial charge on any atom is -0.143 e. The summed E-state index contributed by atoms with van der Waals surface area (Å²) in [4.78, 5) is 7.28. The Morgan fingerprint density at radius 3 is 1.46 bits per heavy atom. The summed E-state index contributed by atoms with van der Waals surface area (Å²) < 4.78 is 0. The van der Waals surface area contributed by atoms with Crippen molar-refractivity contribution in [3.05, 3.63) is 131 Å². The maximum absolute atomic E-state index is 4.64. The zero-order chi connectivity index (χ0) is 24.7. The van der Waals surface area contributed by atoms with E-state index in [2.05, 4.69) is 134 Å². The molecule has 6 aromatic rings. The lowest BCUT2D eigenvalue weighted by Crippen LogP contribution is -2.36. The van der Waals surface area contributed by atoms with E-state index in [1.54, 1.807) is 0 Å². The molecular formula is C33H20S4. The molecule has 2 aliphatic rings. The van der Waals surface area contributed by atoms with Crippen molar-refractivity contribution in [1.82, 2.24) is 0 Å². The van der Waals surface area contributed by atoms with Gasteiger partial charge >= 0.3 is 0 Å². The Kier molecular flexibility index (Phi) is 4.88. The summed E-state index contributed by atoms with van der Waals surface area (Å²) in [5.74, 6) is 0. The first-order valence-corrected chi connectivity index (χ1v) is 14.7. The zero-order valence-corrected chi connectivity index (χ0v) is 23.0. The highest BCUT2D eigenvalue weighted by molar-refractivity contribution is 8.00. The molecule has 2 heterocycles. The molecule has 37 heavy (non-hydrogen) atoms. The molecule has 0 atom stereocenters. The lowest BCUT2D eigenvalue weighted by molar-refractivity contribution is 0.672. The highest BCUT2D eigenvalue weighted by Crippen LogP contribution is 2.63. The Morgan fingerprint density at radius 2 is 0.946 bits per heavy atom. The highest BCUT2D eigenvalue weighted by atomic mass is 32.2. The third-order valence-corrected chi connectivity index (χ3v) is 10.7. The van der Waals surface area contributed by atoms with Crippen LogP contribution >= 0.6 is 48.8 Å². The third kappa shape index (κ3) is 3.04. The molecule has 0 aromatic heterocycles. The molecule has 0 unspecified atom stereocenters. The molecule has 2 aliphatic heterocycles. The Labute approximate surface area is 235 Å². The summed E-state index contributed by atoms with van der Waals surface area (Å²) >= 11 is 13.1. The highest BCUT2D eigenvalue weighted by Gasteiger charge is 2.49. The fraction of sp³-hybridized carbons (Fsp3) is 0.0303. The van der Waals surface area contributed by atoms with Gasteiger partial charge in [0.15, 0.2) is 0 Å². The lowest BCUT2D eigenvalue weighted by atomic mass is 9.64. The Balaban J connectivity index is 1.61. The van der Waals surface area contributed by atoms with E-state index >= 15 is 0 Å². The van der Waals surface area contributed by atoms with Crippen molar-refractivity contribution in [1.29, 1.82) is 0 Å². The standard InChI is InChI=1S/C33H20S4/c34-21-11-13-23-19(17-21)9-15-27-31(23)37-32-24-14-12-22(35)18-20(24)10-16-28(32)33(27)25-5-1-3-7-29(25)36-30-8-4-2-6-26(30)33/h1-18,34-35H. The van der Waals surface area contributed by atoms with Crippen LogP contribution in [0.2, 0.25) is 0 Å². The topological polar surface area (TPSA) is 0 Å². The first-order valence-electron chi connectivity index (χ1n) is 12.2. The van der Waals surface area contributed by atoms with Crippen LogP contribution in [0.25, 0.3) is 21.5 Å². The van der Waals surface area contributed by atoms with Gasteiger partial charge in [-0.05, 0) is 80.2 Å². The first kappa shape index (κ1) is 22.2. The van der Waals surface area contributed by atoms with Crippen molar-refractivity contribution in [2.45, 2.75) is 34.8 Å². The second-order valence-electron chi connectivity index (χ2n) is 9.64. The van der Waals surface area contributed by atoms with Crippen LogP contribution in [0.4, 0.5) is 0 Å². The third-order valence-electron chi connectivity index (χ3n) is 7.72. The second kappa shape index (κ2) is 8.12. The van der Waals surface area contributed by atoms with Crippen molar-refractivity contribution in [3.63, 3.8) is 0 Å². The molecule has 4 heteroatoms. The van der Waals surface area contributed by atoms with Gasteiger partial charge in [0.2, 0.25) is 0 Å². The average Bonchev–Trinajstić information content (AvgIpc) is 2.92. The fourth-order valence-corrected chi connectivity index (χ4v) is 9.29. The smallest absolute Gasteiger partial charge is 0.0745 e. The summed E-state index contributed by atoms with van der Waals surface area (Å²) in [6.45, 7) is 0. The largest absolute Gasteiger partial charge is 0.143 e. The fourth-order valence-electron chi connectivity index (χ4n) is 6.21. The van der Waals surface area contributed by atoms with Gasteiger partial charge in [0.25, 0.3) is 0 Å². The van der Waals surface area contributed by atoms with Gasteiger partial charge in [0.1, 0.15) is 0 Å². The minimum absolute atomic E-state index is 0.407. The molecule has 8 rings (SSSR count). The number of hydrogen-bond donors (Lipinski definition) is 2. The molecule has 0 aliphatic carbocycles. The number of benzene rings is 6. The summed E-state index contributed by atoms with van der Waals surface area (Å²) in [6.07, 6.45) is 0. The predicted molar refractivity (Wildman–Crippen MR) is 163 cm³/mol. The van der Waals surface area contributed by atoms with Crippen molar-refractivity contribution >= 4 is 70.3 Å². The van der Waals surface area contributed by atoms with Crippen LogP contribution in [0.5, 0.6) is 0 Å². The Morgan fingerprint density at radius 1 is 0.459 bits per heavy atom. The maximum Gasteiger partial charge on any atom is 0.0745 e. The zero-order valence-electron chi connectivity index (χ0n) is 19.6. The molecule has 0 nitrogen and oxygen atoms in total.